The molecular weight excluding hydrogens is 424 g/mol. The second kappa shape index (κ2) is 12.4. The molecule has 0 aromatic heterocycles. The topological polar surface area (TPSA) is 142 Å². The lowest BCUT2D eigenvalue weighted by molar-refractivity contribution is -0.136. The summed E-state index contributed by atoms with van der Waals surface area (Å²) in [6.45, 7) is 1.17. The number of carbonyl (C=O) groups excluding carboxylic acids is 4. The van der Waals surface area contributed by atoms with Crippen molar-refractivity contribution in [3.63, 3.8) is 0 Å². The summed E-state index contributed by atoms with van der Waals surface area (Å²) in [5.74, 6) is -1.38. The minimum atomic E-state index is -0.910. The molecule has 0 saturated carbocycles. The van der Waals surface area contributed by atoms with E-state index in [2.05, 4.69) is 10.6 Å². The molecule has 33 heavy (non-hydrogen) atoms. The molecule has 0 bridgehead atoms. The van der Waals surface area contributed by atoms with Gasteiger partial charge in [-0.1, -0.05) is 42.5 Å². The van der Waals surface area contributed by atoms with E-state index >= 15 is 0 Å². The quantitative estimate of drug-likeness (QED) is 0.356. The van der Waals surface area contributed by atoms with Crippen LogP contribution >= 0.6 is 0 Å². The molecule has 0 unspecified atom stereocenters. The Hall–Kier alpha value is -3.72. The molecule has 0 saturated heterocycles. The Labute approximate surface area is 193 Å². The largest absolute Gasteiger partial charge is 0.508 e. The summed E-state index contributed by atoms with van der Waals surface area (Å²) in [5, 5.41) is 14.3. The Morgan fingerprint density at radius 1 is 1.00 bits per heavy atom. The molecule has 3 amide bonds. The summed E-state index contributed by atoms with van der Waals surface area (Å²) in [7, 11) is 1.50. The number of hydrogen-bond acceptors (Lipinski definition) is 6. The van der Waals surface area contributed by atoms with E-state index in [0.717, 1.165) is 11.1 Å². The number of phenols is 1. The molecule has 9 nitrogen and oxygen atoms in total. The Balaban J connectivity index is 1.80. The van der Waals surface area contributed by atoms with Crippen molar-refractivity contribution in [3.05, 3.63) is 65.7 Å². The van der Waals surface area contributed by atoms with Crippen molar-refractivity contribution in [1.29, 1.82) is 0 Å². The fourth-order valence-electron chi connectivity index (χ4n) is 3.12. The number of nitrogens with two attached hydrogens (primary N) is 1. The average molecular weight is 455 g/mol. The maximum absolute atomic E-state index is 12.4. The molecule has 0 aliphatic carbocycles. The van der Waals surface area contributed by atoms with Gasteiger partial charge in [0.1, 0.15) is 18.1 Å². The van der Waals surface area contributed by atoms with Crippen LogP contribution in [0.5, 0.6) is 5.75 Å². The van der Waals surface area contributed by atoms with Gasteiger partial charge in [0, 0.05) is 7.05 Å². The zero-order chi connectivity index (χ0) is 24.4. The van der Waals surface area contributed by atoms with E-state index in [1.807, 2.05) is 30.3 Å². The fourth-order valence-corrected chi connectivity index (χ4v) is 3.12. The highest BCUT2D eigenvalue weighted by Gasteiger charge is 2.23. The molecule has 0 aliphatic rings. The molecule has 9 heteroatoms. The number of nitrogens with one attached hydrogen (secondary N) is 2. The molecule has 0 fully saturated rings. The lowest BCUT2D eigenvalue weighted by Crippen LogP contribution is -2.52. The number of amides is 3. The van der Waals surface area contributed by atoms with E-state index in [1.165, 1.54) is 31.0 Å². The number of phenolic OH excluding ortho intramolecular Hbond substituents is 1. The number of likely N-dealkylation sites (N-methyl/N-ethyl adjacent to an activating group) is 1. The predicted molar refractivity (Wildman–Crippen MR) is 123 cm³/mol. The molecular formula is C24H30N4O5. The number of carbonyl (C=O) groups is 4. The van der Waals surface area contributed by atoms with E-state index < -0.39 is 35.8 Å². The van der Waals surface area contributed by atoms with Gasteiger partial charge in [0.25, 0.3) is 0 Å². The van der Waals surface area contributed by atoms with Crippen LogP contribution in [0.4, 0.5) is 0 Å². The van der Waals surface area contributed by atoms with Gasteiger partial charge in [0.05, 0.1) is 18.6 Å². The Bertz CT molecular complexity index is 949. The van der Waals surface area contributed by atoms with Crippen LogP contribution < -0.4 is 16.4 Å². The van der Waals surface area contributed by atoms with E-state index in [0.29, 0.717) is 12.7 Å². The van der Waals surface area contributed by atoms with Crippen molar-refractivity contribution in [1.82, 2.24) is 15.5 Å². The van der Waals surface area contributed by atoms with Gasteiger partial charge in [-0.3, -0.25) is 14.4 Å². The number of nitrogens with zero attached hydrogens (tertiary/aromatic N) is 1. The van der Waals surface area contributed by atoms with Crippen molar-refractivity contribution in [2.45, 2.75) is 37.9 Å². The molecule has 2 rings (SSSR count). The second-order valence-electron chi connectivity index (χ2n) is 7.82. The highest BCUT2D eigenvalue weighted by molar-refractivity contribution is 5.92. The van der Waals surface area contributed by atoms with E-state index in [-0.39, 0.29) is 18.7 Å². The van der Waals surface area contributed by atoms with Gasteiger partial charge in [0.2, 0.25) is 17.7 Å². The number of aldehydes is 1. The molecule has 3 atom stereocenters. The summed E-state index contributed by atoms with van der Waals surface area (Å²) in [5.41, 5.74) is 7.59. The number of benzene rings is 2. The normalized spacial score (nSPS) is 13.3. The van der Waals surface area contributed by atoms with Crippen molar-refractivity contribution >= 4 is 24.0 Å². The maximum atomic E-state index is 12.4. The minimum absolute atomic E-state index is 0.113. The molecule has 2 aromatic rings. The van der Waals surface area contributed by atoms with Crippen molar-refractivity contribution in [3.8, 4) is 5.75 Å². The van der Waals surface area contributed by atoms with Gasteiger partial charge in [0.15, 0.2) is 0 Å². The molecule has 176 valence electrons. The number of hydrogen-bond donors (Lipinski definition) is 4. The Morgan fingerprint density at radius 3 is 2.21 bits per heavy atom. The zero-order valence-corrected chi connectivity index (χ0v) is 18.7. The van der Waals surface area contributed by atoms with Gasteiger partial charge in [-0.15, -0.1) is 0 Å². The maximum Gasteiger partial charge on any atom is 0.242 e. The van der Waals surface area contributed by atoms with Crippen molar-refractivity contribution in [2.24, 2.45) is 5.73 Å². The number of rotatable bonds is 11. The standard InChI is InChI=1S/C24H30N4O5/c1-16(27-24(33)21(25)13-18-8-10-20(30)11-9-18)23(32)26-14-22(31)28(2)19(15-29)12-17-6-4-3-5-7-17/h3-11,15-16,19,21,30H,12-14,25H2,1-2H3,(H,26,32)(H,27,33)/t16-,19+,21+/m1/s1. The van der Waals surface area contributed by atoms with Crippen LogP contribution in [-0.2, 0) is 32.0 Å². The molecule has 2 aromatic carbocycles. The summed E-state index contributed by atoms with van der Waals surface area (Å²) in [6, 6.07) is 13.2. The summed E-state index contributed by atoms with van der Waals surface area (Å²) >= 11 is 0. The monoisotopic (exact) mass is 454 g/mol. The fraction of sp³-hybridized carbons (Fsp3) is 0.333. The smallest absolute Gasteiger partial charge is 0.242 e. The minimum Gasteiger partial charge on any atom is -0.508 e. The first-order chi connectivity index (χ1) is 15.7. The summed E-state index contributed by atoms with van der Waals surface area (Å²) in [4.78, 5) is 49.8. The Morgan fingerprint density at radius 2 is 1.61 bits per heavy atom. The van der Waals surface area contributed by atoms with E-state index in [9.17, 15) is 24.3 Å². The van der Waals surface area contributed by atoms with Crippen LogP contribution in [0.3, 0.4) is 0 Å². The van der Waals surface area contributed by atoms with Crippen LogP contribution in [0.1, 0.15) is 18.1 Å². The molecule has 5 N–H and O–H groups in total. The first kappa shape index (κ1) is 25.5. The SMILES string of the molecule is C[C@@H](NC(=O)[C@@H](N)Cc1ccc(O)cc1)C(=O)NCC(=O)N(C)[C@H](C=O)Cc1ccccc1. The third-order valence-corrected chi connectivity index (χ3v) is 5.23. The molecule has 0 radical (unpaired) electrons. The lowest BCUT2D eigenvalue weighted by Gasteiger charge is -2.24. The van der Waals surface area contributed by atoms with Crippen LogP contribution in [0.2, 0.25) is 0 Å². The highest BCUT2D eigenvalue weighted by atomic mass is 16.3. The highest BCUT2D eigenvalue weighted by Crippen LogP contribution is 2.11. The van der Waals surface area contributed by atoms with Crippen LogP contribution in [0, 0.1) is 0 Å². The van der Waals surface area contributed by atoms with Gasteiger partial charge in [-0.05, 0) is 43.0 Å². The first-order valence-corrected chi connectivity index (χ1v) is 10.6. The van der Waals surface area contributed by atoms with Gasteiger partial charge in [-0.25, -0.2) is 0 Å². The van der Waals surface area contributed by atoms with Gasteiger partial charge >= 0.3 is 0 Å². The average Bonchev–Trinajstić information content (AvgIpc) is 2.82. The summed E-state index contributed by atoms with van der Waals surface area (Å²) in [6.07, 6.45) is 1.30. The first-order valence-electron chi connectivity index (χ1n) is 10.6. The van der Waals surface area contributed by atoms with E-state index in [4.69, 9.17) is 5.73 Å². The molecule has 0 aliphatic heterocycles. The lowest BCUT2D eigenvalue weighted by atomic mass is 10.1. The Kier molecular flexibility index (Phi) is 9.56. The zero-order valence-electron chi connectivity index (χ0n) is 18.7. The molecule has 0 spiro atoms. The van der Waals surface area contributed by atoms with Crippen LogP contribution in [-0.4, -0.2) is 65.7 Å². The van der Waals surface area contributed by atoms with Gasteiger partial charge in [-0.2, -0.15) is 0 Å². The second-order valence-corrected chi connectivity index (χ2v) is 7.82. The number of aromatic hydroxyl groups is 1. The van der Waals surface area contributed by atoms with Gasteiger partial charge < -0.3 is 31.2 Å². The summed E-state index contributed by atoms with van der Waals surface area (Å²) < 4.78 is 0. The van der Waals surface area contributed by atoms with Crippen LogP contribution in [0.25, 0.3) is 0 Å². The van der Waals surface area contributed by atoms with E-state index in [1.54, 1.807) is 12.1 Å². The van der Waals surface area contributed by atoms with Crippen molar-refractivity contribution < 1.29 is 24.3 Å². The van der Waals surface area contributed by atoms with Crippen molar-refractivity contribution in [2.75, 3.05) is 13.6 Å². The predicted octanol–water partition coefficient (Wildman–Crippen LogP) is 0.152. The van der Waals surface area contributed by atoms with Crippen LogP contribution in [0.15, 0.2) is 54.6 Å². The molecule has 0 heterocycles. The third kappa shape index (κ3) is 8.04. The third-order valence-electron chi connectivity index (χ3n) is 5.23.